The van der Waals surface area contributed by atoms with E-state index in [0.717, 1.165) is 12.6 Å². The number of alkyl halides is 3. The number of amides is 1. The number of rotatable bonds is 7. The third-order valence-electron chi connectivity index (χ3n) is 4.57. The molecule has 2 N–H and O–H groups in total. The lowest BCUT2D eigenvalue weighted by atomic mass is 10.2. The Kier molecular flexibility index (Phi) is 6.89. The van der Waals surface area contributed by atoms with Crippen LogP contribution in [-0.2, 0) is 20.4 Å². The highest BCUT2D eigenvalue weighted by atomic mass is 19.4. The Hall–Kier alpha value is -2.14. The van der Waals surface area contributed by atoms with Gasteiger partial charge in [0.15, 0.2) is 0 Å². The molecular weight excluding hydrogens is 379 g/mol. The number of hydrogen-bond acceptors (Lipinski definition) is 7. The van der Waals surface area contributed by atoms with E-state index in [-0.39, 0.29) is 30.3 Å². The van der Waals surface area contributed by atoms with Crippen molar-refractivity contribution < 1.29 is 27.4 Å². The minimum absolute atomic E-state index is 0.000727. The van der Waals surface area contributed by atoms with Crippen LogP contribution in [0.15, 0.2) is 6.20 Å². The van der Waals surface area contributed by atoms with Gasteiger partial charge in [-0.05, 0) is 12.8 Å². The zero-order valence-electron chi connectivity index (χ0n) is 15.4. The van der Waals surface area contributed by atoms with Crippen LogP contribution in [0.3, 0.4) is 0 Å². The summed E-state index contributed by atoms with van der Waals surface area (Å²) in [7, 11) is 0. The predicted molar refractivity (Wildman–Crippen MR) is 95.0 cm³/mol. The summed E-state index contributed by atoms with van der Waals surface area (Å²) in [5.41, 5.74) is -0.917. The van der Waals surface area contributed by atoms with E-state index in [1.54, 1.807) is 4.90 Å². The van der Waals surface area contributed by atoms with Crippen LogP contribution < -0.4 is 10.6 Å². The van der Waals surface area contributed by atoms with Crippen molar-refractivity contribution in [2.75, 3.05) is 56.7 Å². The Morgan fingerprint density at radius 3 is 2.86 bits per heavy atom. The van der Waals surface area contributed by atoms with Gasteiger partial charge in [-0.15, -0.1) is 0 Å². The largest absolute Gasteiger partial charge is 0.421 e. The second-order valence-corrected chi connectivity index (χ2v) is 6.68. The molecule has 2 aliphatic heterocycles. The van der Waals surface area contributed by atoms with E-state index >= 15 is 0 Å². The van der Waals surface area contributed by atoms with E-state index in [9.17, 15) is 18.0 Å². The third-order valence-corrected chi connectivity index (χ3v) is 4.57. The quantitative estimate of drug-likeness (QED) is 0.671. The minimum Gasteiger partial charge on any atom is -0.379 e. The van der Waals surface area contributed by atoms with Gasteiger partial charge in [0.2, 0.25) is 11.9 Å². The molecule has 0 aliphatic carbocycles. The van der Waals surface area contributed by atoms with E-state index in [4.69, 9.17) is 9.47 Å². The molecule has 28 heavy (non-hydrogen) atoms. The fraction of sp³-hybridized carbons (Fsp3) is 0.706. The first kappa shape index (κ1) is 20.6. The molecule has 0 bridgehead atoms. The number of anilines is 2. The van der Waals surface area contributed by atoms with Crippen molar-refractivity contribution in [2.24, 2.45) is 0 Å². The highest BCUT2D eigenvalue weighted by molar-refractivity contribution is 5.76. The fourth-order valence-electron chi connectivity index (χ4n) is 3.06. The SMILES string of the molecule is O=C1CCOCCN1CCCNc1nc(N[C@@H]2CCOC2)ncc1C(F)(F)F. The van der Waals surface area contributed by atoms with Gasteiger partial charge in [0.1, 0.15) is 11.4 Å². The van der Waals surface area contributed by atoms with Gasteiger partial charge < -0.3 is 25.0 Å². The normalized spacial score (nSPS) is 20.9. The summed E-state index contributed by atoms with van der Waals surface area (Å²) in [6.45, 7) is 3.15. The van der Waals surface area contributed by atoms with Gasteiger partial charge in [-0.1, -0.05) is 0 Å². The minimum atomic E-state index is -4.56. The summed E-state index contributed by atoms with van der Waals surface area (Å²) in [6.07, 6.45) is -2.21. The number of ether oxygens (including phenoxy) is 2. The Morgan fingerprint density at radius 1 is 1.25 bits per heavy atom. The van der Waals surface area contributed by atoms with Gasteiger partial charge in [-0.25, -0.2) is 4.98 Å². The van der Waals surface area contributed by atoms with E-state index in [1.807, 2.05) is 0 Å². The molecule has 1 atom stereocenters. The molecule has 156 valence electrons. The van der Waals surface area contributed by atoms with Gasteiger partial charge >= 0.3 is 6.18 Å². The molecule has 1 amide bonds. The highest BCUT2D eigenvalue weighted by Crippen LogP contribution is 2.33. The number of nitrogens with one attached hydrogen (secondary N) is 2. The lowest BCUT2D eigenvalue weighted by Crippen LogP contribution is -2.33. The summed E-state index contributed by atoms with van der Waals surface area (Å²) in [5.74, 6) is -0.138. The summed E-state index contributed by atoms with van der Waals surface area (Å²) >= 11 is 0. The zero-order valence-corrected chi connectivity index (χ0v) is 15.4. The molecule has 8 nitrogen and oxygen atoms in total. The van der Waals surface area contributed by atoms with Gasteiger partial charge in [-0.3, -0.25) is 4.79 Å². The number of carbonyl (C=O) groups excluding carboxylic acids is 1. The van der Waals surface area contributed by atoms with Crippen molar-refractivity contribution >= 4 is 17.7 Å². The monoisotopic (exact) mass is 403 g/mol. The Labute approximate surface area is 160 Å². The average molecular weight is 403 g/mol. The van der Waals surface area contributed by atoms with Gasteiger partial charge in [-0.2, -0.15) is 18.2 Å². The molecule has 2 aliphatic rings. The van der Waals surface area contributed by atoms with Crippen molar-refractivity contribution in [3.8, 4) is 0 Å². The lowest BCUT2D eigenvalue weighted by molar-refractivity contribution is -0.137. The van der Waals surface area contributed by atoms with Crippen LogP contribution in [0.4, 0.5) is 24.9 Å². The van der Waals surface area contributed by atoms with E-state index in [1.165, 1.54) is 0 Å². The first-order chi connectivity index (χ1) is 13.4. The molecule has 1 aromatic rings. The lowest BCUT2D eigenvalue weighted by Gasteiger charge is -2.20. The molecule has 3 heterocycles. The maximum Gasteiger partial charge on any atom is 0.421 e. The molecule has 2 fully saturated rings. The maximum absolute atomic E-state index is 13.3. The van der Waals surface area contributed by atoms with Crippen molar-refractivity contribution in [2.45, 2.75) is 31.5 Å². The Morgan fingerprint density at radius 2 is 2.11 bits per heavy atom. The second-order valence-electron chi connectivity index (χ2n) is 6.68. The van der Waals surface area contributed by atoms with Crippen molar-refractivity contribution in [3.05, 3.63) is 11.8 Å². The molecular formula is C17H24F3N5O3. The molecule has 3 rings (SSSR count). The van der Waals surface area contributed by atoms with E-state index in [0.29, 0.717) is 52.4 Å². The molecule has 0 unspecified atom stereocenters. The van der Waals surface area contributed by atoms with Gasteiger partial charge in [0, 0.05) is 32.4 Å². The first-order valence-corrected chi connectivity index (χ1v) is 9.31. The number of halogens is 3. The number of carbonyl (C=O) groups is 1. The second kappa shape index (κ2) is 9.37. The molecule has 0 radical (unpaired) electrons. The van der Waals surface area contributed by atoms with Gasteiger partial charge in [0.25, 0.3) is 0 Å². The van der Waals surface area contributed by atoms with Crippen LogP contribution in [0.2, 0.25) is 0 Å². The van der Waals surface area contributed by atoms with E-state index < -0.39 is 11.7 Å². The fourth-order valence-corrected chi connectivity index (χ4v) is 3.06. The molecule has 2 saturated heterocycles. The van der Waals surface area contributed by atoms with Crippen molar-refractivity contribution in [1.82, 2.24) is 14.9 Å². The summed E-state index contributed by atoms with van der Waals surface area (Å²) in [4.78, 5) is 21.4. The summed E-state index contributed by atoms with van der Waals surface area (Å²) < 4.78 is 50.3. The molecule has 1 aromatic heterocycles. The summed E-state index contributed by atoms with van der Waals surface area (Å²) in [6, 6.07) is -0.0131. The van der Waals surface area contributed by atoms with Crippen LogP contribution in [0, 0.1) is 0 Å². The maximum atomic E-state index is 13.3. The molecule has 0 spiro atoms. The van der Waals surface area contributed by atoms with E-state index in [2.05, 4.69) is 20.6 Å². The zero-order chi connectivity index (χ0) is 20.0. The van der Waals surface area contributed by atoms with Crippen molar-refractivity contribution in [1.29, 1.82) is 0 Å². The molecule has 0 saturated carbocycles. The molecule has 0 aromatic carbocycles. The molecule has 11 heteroatoms. The smallest absolute Gasteiger partial charge is 0.379 e. The van der Waals surface area contributed by atoms with Gasteiger partial charge in [0.05, 0.1) is 32.3 Å². The summed E-state index contributed by atoms with van der Waals surface area (Å²) in [5, 5.41) is 5.74. The number of aromatic nitrogens is 2. The predicted octanol–water partition coefficient (Wildman–Crippen LogP) is 1.75. The highest BCUT2D eigenvalue weighted by Gasteiger charge is 2.35. The number of nitrogens with zero attached hydrogens (tertiary/aromatic N) is 3. The van der Waals surface area contributed by atoms with Crippen molar-refractivity contribution in [3.63, 3.8) is 0 Å². The van der Waals surface area contributed by atoms with Crippen LogP contribution >= 0.6 is 0 Å². The first-order valence-electron chi connectivity index (χ1n) is 9.31. The van der Waals surface area contributed by atoms with Crippen LogP contribution in [0.1, 0.15) is 24.8 Å². The van der Waals surface area contributed by atoms with Crippen LogP contribution in [0.25, 0.3) is 0 Å². The van der Waals surface area contributed by atoms with Crippen LogP contribution in [-0.4, -0.2) is 72.9 Å². The Balaban J connectivity index is 1.59. The third kappa shape index (κ3) is 5.68. The number of hydrogen-bond donors (Lipinski definition) is 2. The topological polar surface area (TPSA) is 88.6 Å². The van der Waals surface area contributed by atoms with Crippen LogP contribution in [0.5, 0.6) is 0 Å². The Bertz CT molecular complexity index is 668. The standard InChI is InChI=1S/C17H24F3N5O3/c18-17(19,20)13-10-22-16(23-12-2-7-28-11-12)24-15(13)21-4-1-5-25-6-9-27-8-3-14(25)26/h10,12H,1-9,11H2,(H2,21,22,23,24)/t12-/m1/s1. The average Bonchev–Trinajstić information content (AvgIpc) is 3.06.